The normalized spacial score (nSPS) is 16.2. The Kier molecular flexibility index (Phi) is 8.16. The van der Waals surface area contributed by atoms with E-state index in [2.05, 4.69) is 10.2 Å². The molecule has 3 amide bonds. The molecule has 2 aliphatic heterocycles. The molecule has 1 saturated heterocycles. The van der Waals surface area contributed by atoms with Gasteiger partial charge in [0.2, 0.25) is 11.8 Å². The molecule has 2 aliphatic rings. The lowest BCUT2D eigenvalue weighted by molar-refractivity contribution is -0.145. The van der Waals surface area contributed by atoms with E-state index in [-0.39, 0.29) is 24.6 Å². The molecule has 1 atom stereocenters. The number of ketones is 1. The highest BCUT2D eigenvalue weighted by molar-refractivity contribution is 6.52. The molecule has 2 heterocycles. The number of carbonyl (C=O) groups is 4. The molecule has 9 heteroatoms. The van der Waals surface area contributed by atoms with Crippen molar-refractivity contribution in [2.75, 3.05) is 48.0 Å². The fourth-order valence-corrected chi connectivity index (χ4v) is 5.25. The van der Waals surface area contributed by atoms with Crippen molar-refractivity contribution < 1.29 is 23.9 Å². The number of para-hydroxylation sites is 1. The van der Waals surface area contributed by atoms with Crippen molar-refractivity contribution >= 4 is 40.6 Å². The lowest BCUT2D eigenvalue weighted by Crippen LogP contribution is -2.58. The van der Waals surface area contributed by atoms with Crippen molar-refractivity contribution in [3.8, 4) is 0 Å². The van der Waals surface area contributed by atoms with Gasteiger partial charge in [0.25, 0.3) is 11.7 Å². The van der Waals surface area contributed by atoms with E-state index in [1.54, 1.807) is 31.2 Å². The Bertz CT molecular complexity index is 1440. The maximum absolute atomic E-state index is 14.0. The van der Waals surface area contributed by atoms with E-state index in [1.807, 2.05) is 61.5 Å². The lowest BCUT2D eigenvalue weighted by Gasteiger charge is -2.40. The first kappa shape index (κ1) is 28.0. The molecule has 0 bridgehead atoms. The van der Waals surface area contributed by atoms with Crippen LogP contribution >= 0.6 is 0 Å². The van der Waals surface area contributed by atoms with E-state index in [4.69, 9.17) is 4.74 Å². The molecular weight excluding hydrogens is 520 g/mol. The third-order valence-electron chi connectivity index (χ3n) is 7.93. The van der Waals surface area contributed by atoms with Crippen LogP contribution < -0.4 is 15.1 Å². The summed E-state index contributed by atoms with van der Waals surface area (Å²) in [4.78, 5) is 58.2. The first-order chi connectivity index (χ1) is 19.8. The van der Waals surface area contributed by atoms with Gasteiger partial charge in [0.1, 0.15) is 12.1 Å². The fourth-order valence-electron chi connectivity index (χ4n) is 5.25. The van der Waals surface area contributed by atoms with Crippen molar-refractivity contribution in [2.24, 2.45) is 0 Å². The summed E-state index contributed by atoms with van der Waals surface area (Å²) in [7, 11) is 0. The van der Waals surface area contributed by atoms with Crippen molar-refractivity contribution in [1.29, 1.82) is 0 Å². The Hall–Kier alpha value is -4.50. The molecule has 0 aromatic heterocycles. The number of hydrogen-bond acceptors (Lipinski definition) is 6. The highest BCUT2D eigenvalue weighted by Gasteiger charge is 2.43. The molecule has 5 rings (SSSR count). The standard InChI is InChI=1S/C32H34N4O5/c1-3-32(2,31(40)33-24-13-15-25(16-14-24)34-17-19-41-20-18-34)36(21-23-9-5-4-6-10-23)28(37)22-35-27-12-8-7-11-26(27)29(38)30(35)39/h4-16H,3,17-22H2,1-2H3,(H,33,40). The maximum Gasteiger partial charge on any atom is 0.299 e. The predicted molar refractivity (Wildman–Crippen MR) is 157 cm³/mol. The maximum atomic E-state index is 14.0. The van der Waals surface area contributed by atoms with Gasteiger partial charge < -0.3 is 19.9 Å². The van der Waals surface area contributed by atoms with E-state index in [1.165, 1.54) is 9.80 Å². The Morgan fingerprint density at radius 1 is 0.927 bits per heavy atom. The number of anilines is 3. The minimum Gasteiger partial charge on any atom is -0.378 e. The topological polar surface area (TPSA) is 99.3 Å². The number of carbonyl (C=O) groups excluding carboxylic acids is 4. The summed E-state index contributed by atoms with van der Waals surface area (Å²) < 4.78 is 5.43. The van der Waals surface area contributed by atoms with Gasteiger partial charge in [-0.15, -0.1) is 0 Å². The molecule has 0 spiro atoms. The zero-order valence-corrected chi connectivity index (χ0v) is 23.3. The summed E-state index contributed by atoms with van der Waals surface area (Å²) in [6, 6.07) is 23.7. The molecule has 0 saturated carbocycles. The molecular formula is C32H34N4O5. The molecule has 1 N–H and O–H groups in total. The number of ether oxygens (including phenoxy) is 1. The zero-order chi connectivity index (χ0) is 29.0. The first-order valence-corrected chi connectivity index (χ1v) is 13.9. The van der Waals surface area contributed by atoms with Gasteiger partial charge in [-0.3, -0.25) is 24.1 Å². The monoisotopic (exact) mass is 554 g/mol. The average molecular weight is 555 g/mol. The third kappa shape index (κ3) is 5.71. The largest absolute Gasteiger partial charge is 0.378 e. The van der Waals surface area contributed by atoms with Crippen LogP contribution in [0.15, 0.2) is 78.9 Å². The molecule has 1 fully saturated rings. The molecule has 3 aromatic rings. The number of amides is 3. The van der Waals surface area contributed by atoms with Crippen LogP contribution in [-0.4, -0.2) is 66.8 Å². The van der Waals surface area contributed by atoms with Crippen molar-refractivity contribution in [2.45, 2.75) is 32.4 Å². The molecule has 9 nitrogen and oxygen atoms in total. The van der Waals surface area contributed by atoms with Crippen LogP contribution in [0.2, 0.25) is 0 Å². The number of nitrogens with one attached hydrogen (secondary N) is 1. The van der Waals surface area contributed by atoms with Crippen LogP contribution in [-0.2, 0) is 25.7 Å². The number of hydrogen-bond donors (Lipinski definition) is 1. The smallest absolute Gasteiger partial charge is 0.299 e. The molecule has 1 unspecified atom stereocenters. The van der Waals surface area contributed by atoms with Crippen LogP contribution in [0, 0.1) is 0 Å². The quantitative estimate of drug-likeness (QED) is 0.403. The van der Waals surface area contributed by atoms with E-state index in [0.717, 1.165) is 24.3 Å². The number of nitrogens with zero attached hydrogens (tertiary/aromatic N) is 3. The van der Waals surface area contributed by atoms with Crippen LogP contribution in [0.25, 0.3) is 0 Å². The second kappa shape index (κ2) is 11.9. The molecule has 3 aromatic carbocycles. The van der Waals surface area contributed by atoms with E-state index < -0.39 is 23.1 Å². The van der Waals surface area contributed by atoms with Gasteiger partial charge in [-0.05, 0) is 55.3 Å². The summed E-state index contributed by atoms with van der Waals surface area (Å²) in [5.74, 6) is -2.16. The number of rotatable bonds is 9. The van der Waals surface area contributed by atoms with Crippen molar-refractivity contribution in [1.82, 2.24) is 4.90 Å². The van der Waals surface area contributed by atoms with Crippen LogP contribution in [0.4, 0.5) is 17.1 Å². The Morgan fingerprint density at radius 3 is 2.27 bits per heavy atom. The Morgan fingerprint density at radius 2 is 1.59 bits per heavy atom. The van der Waals surface area contributed by atoms with Crippen LogP contribution in [0.5, 0.6) is 0 Å². The van der Waals surface area contributed by atoms with Gasteiger partial charge in [-0.25, -0.2) is 0 Å². The minimum absolute atomic E-state index is 0.158. The average Bonchev–Trinajstić information content (AvgIpc) is 3.25. The molecule has 0 aliphatic carbocycles. The second-order valence-electron chi connectivity index (χ2n) is 10.4. The molecule has 212 valence electrons. The number of Topliss-reactive ketones (excluding diaryl/α,β-unsaturated/α-hetero) is 1. The Labute approximate surface area is 239 Å². The molecule has 41 heavy (non-hydrogen) atoms. The summed E-state index contributed by atoms with van der Waals surface area (Å²) in [6.07, 6.45) is 0.326. The zero-order valence-electron chi connectivity index (χ0n) is 23.3. The van der Waals surface area contributed by atoms with E-state index >= 15 is 0 Å². The van der Waals surface area contributed by atoms with Gasteiger partial charge >= 0.3 is 0 Å². The third-order valence-corrected chi connectivity index (χ3v) is 7.93. The van der Waals surface area contributed by atoms with Gasteiger partial charge in [0.15, 0.2) is 0 Å². The highest BCUT2D eigenvalue weighted by atomic mass is 16.5. The van der Waals surface area contributed by atoms with Crippen LogP contribution in [0.1, 0.15) is 36.2 Å². The van der Waals surface area contributed by atoms with Gasteiger partial charge in [-0.2, -0.15) is 0 Å². The van der Waals surface area contributed by atoms with Gasteiger partial charge in [0, 0.05) is 31.0 Å². The van der Waals surface area contributed by atoms with Crippen LogP contribution in [0.3, 0.4) is 0 Å². The Balaban J connectivity index is 1.39. The van der Waals surface area contributed by atoms with E-state index in [9.17, 15) is 19.2 Å². The fraction of sp³-hybridized carbons (Fsp3) is 0.312. The summed E-state index contributed by atoms with van der Waals surface area (Å²) in [5.41, 5.74) is 1.94. The second-order valence-corrected chi connectivity index (χ2v) is 10.4. The lowest BCUT2D eigenvalue weighted by atomic mass is 9.93. The predicted octanol–water partition coefficient (Wildman–Crippen LogP) is 3.89. The summed E-state index contributed by atoms with van der Waals surface area (Å²) in [6.45, 7) is 6.37. The highest BCUT2D eigenvalue weighted by Crippen LogP contribution is 2.31. The minimum atomic E-state index is -1.25. The number of benzene rings is 3. The SMILES string of the molecule is CCC(C)(C(=O)Nc1ccc(N2CCOCC2)cc1)N(Cc1ccccc1)C(=O)CN1C(=O)C(=O)c2ccccc21. The van der Waals surface area contributed by atoms with Gasteiger partial charge in [0.05, 0.1) is 24.5 Å². The summed E-state index contributed by atoms with van der Waals surface area (Å²) >= 11 is 0. The summed E-state index contributed by atoms with van der Waals surface area (Å²) in [5, 5.41) is 3.00. The van der Waals surface area contributed by atoms with Crippen molar-refractivity contribution in [3.05, 3.63) is 90.0 Å². The number of morpholine rings is 1. The molecule has 0 radical (unpaired) electrons. The number of fused-ring (bicyclic) bond motifs is 1. The van der Waals surface area contributed by atoms with Crippen molar-refractivity contribution in [3.63, 3.8) is 0 Å². The van der Waals surface area contributed by atoms with Gasteiger partial charge in [-0.1, -0.05) is 49.4 Å². The van der Waals surface area contributed by atoms with E-state index in [0.29, 0.717) is 31.0 Å². The first-order valence-electron chi connectivity index (χ1n) is 13.9.